The Labute approximate surface area is 112 Å². The molecule has 94 valence electrons. The predicted octanol–water partition coefficient (Wildman–Crippen LogP) is 3.53. The van der Waals surface area contributed by atoms with Crippen molar-refractivity contribution in [3.05, 3.63) is 28.2 Å². The van der Waals surface area contributed by atoms with E-state index in [4.69, 9.17) is 4.74 Å². The molecule has 0 aromatic heterocycles. The van der Waals surface area contributed by atoms with Crippen LogP contribution in [-0.2, 0) is 6.42 Å². The van der Waals surface area contributed by atoms with Crippen LogP contribution in [0.2, 0.25) is 0 Å². The molecule has 1 aliphatic heterocycles. The fourth-order valence-corrected chi connectivity index (χ4v) is 2.64. The molecule has 3 heteroatoms. The van der Waals surface area contributed by atoms with E-state index in [1.165, 1.54) is 12.0 Å². The van der Waals surface area contributed by atoms with Crippen molar-refractivity contribution in [2.45, 2.75) is 38.7 Å². The van der Waals surface area contributed by atoms with Crippen LogP contribution in [0.15, 0.2) is 22.7 Å². The third-order valence-corrected chi connectivity index (χ3v) is 3.58. The van der Waals surface area contributed by atoms with Crippen molar-refractivity contribution in [2.75, 3.05) is 13.1 Å². The van der Waals surface area contributed by atoms with Gasteiger partial charge in [0.1, 0.15) is 11.9 Å². The molecule has 0 aliphatic carbocycles. The van der Waals surface area contributed by atoms with Crippen molar-refractivity contribution in [2.24, 2.45) is 0 Å². The Morgan fingerprint density at radius 1 is 1.47 bits per heavy atom. The number of ether oxygens (including phenoxy) is 1. The van der Waals surface area contributed by atoms with Crippen LogP contribution in [0.4, 0.5) is 0 Å². The first-order chi connectivity index (χ1) is 8.29. The summed E-state index contributed by atoms with van der Waals surface area (Å²) in [6.45, 7) is 4.30. The van der Waals surface area contributed by atoms with E-state index >= 15 is 0 Å². The number of piperidine rings is 1. The van der Waals surface area contributed by atoms with E-state index < -0.39 is 0 Å². The van der Waals surface area contributed by atoms with Crippen molar-refractivity contribution in [3.63, 3.8) is 0 Å². The molecule has 0 spiro atoms. The zero-order valence-corrected chi connectivity index (χ0v) is 11.9. The topological polar surface area (TPSA) is 21.3 Å². The second kappa shape index (κ2) is 6.41. The number of benzene rings is 1. The average Bonchev–Trinajstić information content (AvgIpc) is 2.34. The molecule has 1 fully saturated rings. The zero-order valence-electron chi connectivity index (χ0n) is 10.3. The van der Waals surface area contributed by atoms with Gasteiger partial charge in [0.25, 0.3) is 0 Å². The Hall–Kier alpha value is -0.540. The molecule has 1 aromatic carbocycles. The SMILES string of the molecule is CCCc1cc(Br)ccc1OC1CCCNC1. The highest BCUT2D eigenvalue weighted by molar-refractivity contribution is 9.10. The second-order valence-corrected chi connectivity index (χ2v) is 5.50. The zero-order chi connectivity index (χ0) is 12.1. The van der Waals surface area contributed by atoms with E-state index in [9.17, 15) is 0 Å². The van der Waals surface area contributed by atoms with Gasteiger partial charge in [-0.1, -0.05) is 29.3 Å². The Balaban J connectivity index is 2.07. The van der Waals surface area contributed by atoms with E-state index in [0.717, 1.165) is 42.6 Å². The van der Waals surface area contributed by atoms with E-state index in [1.807, 2.05) is 0 Å². The highest BCUT2D eigenvalue weighted by atomic mass is 79.9. The molecule has 1 saturated heterocycles. The lowest BCUT2D eigenvalue weighted by Crippen LogP contribution is -2.37. The van der Waals surface area contributed by atoms with Gasteiger partial charge < -0.3 is 10.1 Å². The minimum atomic E-state index is 0.334. The molecule has 2 nitrogen and oxygen atoms in total. The standard InChI is InChI=1S/C14H20BrNO/c1-2-4-11-9-12(15)6-7-14(11)17-13-5-3-8-16-10-13/h6-7,9,13,16H,2-5,8,10H2,1H3. The third kappa shape index (κ3) is 3.71. The summed E-state index contributed by atoms with van der Waals surface area (Å²) in [5.74, 6) is 1.06. The lowest BCUT2D eigenvalue weighted by Gasteiger charge is -2.25. The quantitative estimate of drug-likeness (QED) is 0.918. The van der Waals surface area contributed by atoms with Crippen molar-refractivity contribution in [1.82, 2.24) is 5.32 Å². The molecule has 0 radical (unpaired) electrons. The Bertz CT molecular complexity index is 361. The third-order valence-electron chi connectivity index (χ3n) is 3.09. The van der Waals surface area contributed by atoms with Crippen LogP contribution >= 0.6 is 15.9 Å². The van der Waals surface area contributed by atoms with Gasteiger partial charge in [-0.15, -0.1) is 0 Å². The first-order valence-corrected chi connectivity index (χ1v) is 7.24. The molecule has 2 rings (SSSR count). The first-order valence-electron chi connectivity index (χ1n) is 6.45. The average molecular weight is 298 g/mol. The highest BCUT2D eigenvalue weighted by Gasteiger charge is 2.15. The fraction of sp³-hybridized carbons (Fsp3) is 0.571. The summed E-state index contributed by atoms with van der Waals surface area (Å²) in [5, 5.41) is 3.38. The van der Waals surface area contributed by atoms with Crippen molar-refractivity contribution in [3.8, 4) is 5.75 Å². The Morgan fingerprint density at radius 2 is 2.35 bits per heavy atom. The van der Waals surface area contributed by atoms with Gasteiger partial charge >= 0.3 is 0 Å². The van der Waals surface area contributed by atoms with Crippen LogP contribution in [0, 0.1) is 0 Å². The fourth-order valence-electron chi connectivity index (χ4n) is 2.23. The van der Waals surface area contributed by atoms with Gasteiger partial charge in [0.2, 0.25) is 0 Å². The van der Waals surface area contributed by atoms with Crippen LogP contribution in [0.3, 0.4) is 0 Å². The van der Waals surface area contributed by atoms with Gasteiger partial charge in [-0.3, -0.25) is 0 Å². The molecule has 0 bridgehead atoms. The van der Waals surface area contributed by atoms with Gasteiger partial charge in [-0.25, -0.2) is 0 Å². The molecule has 1 aliphatic rings. The lowest BCUT2D eigenvalue weighted by molar-refractivity contribution is 0.165. The normalized spacial score (nSPS) is 20.2. The number of nitrogens with one attached hydrogen (secondary N) is 1. The summed E-state index contributed by atoms with van der Waals surface area (Å²) >= 11 is 3.52. The molecule has 1 N–H and O–H groups in total. The Morgan fingerprint density at radius 3 is 3.06 bits per heavy atom. The number of hydrogen-bond donors (Lipinski definition) is 1. The molecular weight excluding hydrogens is 278 g/mol. The van der Waals surface area contributed by atoms with Crippen molar-refractivity contribution in [1.29, 1.82) is 0 Å². The maximum absolute atomic E-state index is 6.11. The molecular formula is C14H20BrNO. The number of rotatable bonds is 4. The van der Waals surface area contributed by atoms with Crippen molar-refractivity contribution < 1.29 is 4.74 Å². The van der Waals surface area contributed by atoms with E-state index in [0.29, 0.717) is 6.10 Å². The molecule has 0 amide bonds. The van der Waals surface area contributed by atoms with Crippen LogP contribution in [0.25, 0.3) is 0 Å². The molecule has 1 aromatic rings. The second-order valence-electron chi connectivity index (χ2n) is 4.59. The lowest BCUT2D eigenvalue weighted by atomic mass is 10.1. The molecule has 17 heavy (non-hydrogen) atoms. The summed E-state index contributed by atoms with van der Waals surface area (Å²) in [5.41, 5.74) is 1.31. The van der Waals surface area contributed by atoms with E-state index in [2.05, 4.69) is 46.4 Å². The number of aryl methyl sites for hydroxylation is 1. The molecule has 0 saturated carbocycles. The molecule has 1 atom stereocenters. The Kier molecular flexibility index (Phi) is 4.86. The van der Waals surface area contributed by atoms with Crippen LogP contribution in [-0.4, -0.2) is 19.2 Å². The summed E-state index contributed by atoms with van der Waals surface area (Å²) in [7, 11) is 0. The summed E-state index contributed by atoms with van der Waals surface area (Å²) < 4.78 is 7.24. The maximum Gasteiger partial charge on any atom is 0.123 e. The summed E-state index contributed by atoms with van der Waals surface area (Å²) in [6, 6.07) is 6.32. The molecule has 1 unspecified atom stereocenters. The van der Waals surface area contributed by atoms with Gasteiger partial charge in [-0.2, -0.15) is 0 Å². The summed E-state index contributed by atoms with van der Waals surface area (Å²) in [6.07, 6.45) is 4.93. The monoisotopic (exact) mass is 297 g/mol. The smallest absolute Gasteiger partial charge is 0.123 e. The van der Waals surface area contributed by atoms with Gasteiger partial charge in [0.15, 0.2) is 0 Å². The maximum atomic E-state index is 6.11. The number of halogens is 1. The molecule has 1 heterocycles. The van der Waals surface area contributed by atoms with Crippen LogP contribution < -0.4 is 10.1 Å². The van der Waals surface area contributed by atoms with Crippen molar-refractivity contribution >= 4 is 15.9 Å². The predicted molar refractivity (Wildman–Crippen MR) is 74.7 cm³/mol. The van der Waals surface area contributed by atoms with Crippen LogP contribution in [0.5, 0.6) is 5.75 Å². The minimum Gasteiger partial charge on any atom is -0.489 e. The highest BCUT2D eigenvalue weighted by Crippen LogP contribution is 2.26. The van der Waals surface area contributed by atoms with Gasteiger partial charge in [-0.05, 0) is 49.6 Å². The van der Waals surface area contributed by atoms with Crippen LogP contribution in [0.1, 0.15) is 31.7 Å². The number of hydrogen-bond acceptors (Lipinski definition) is 2. The van der Waals surface area contributed by atoms with E-state index in [1.54, 1.807) is 0 Å². The largest absolute Gasteiger partial charge is 0.489 e. The first kappa shape index (κ1) is 12.9. The minimum absolute atomic E-state index is 0.334. The van der Waals surface area contributed by atoms with E-state index in [-0.39, 0.29) is 0 Å². The van der Waals surface area contributed by atoms with Gasteiger partial charge in [0.05, 0.1) is 0 Å². The van der Waals surface area contributed by atoms with Gasteiger partial charge in [0, 0.05) is 11.0 Å². The summed E-state index contributed by atoms with van der Waals surface area (Å²) in [4.78, 5) is 0.